The lowest BCUT2D eigenvalue weighted by atomic mass is 10.1. The number of aromatic nitrogens is 2. The van der Waals surface area contributed by atoms with Crippen LogP contribution in [0.15, 0.2) is 22.7 Å². The van der Waals surface area contributed by atoms with Gasteiger partial charge in [0, 0.05) is 0 Å². The molecule has 0 radical (unpaired) electrons. The SMILES string of the molecule is COC(=O)c1ccc(OC)c(-c2noc(CCl)n2)c1. The standard InChI is InChI=1S/C12H11ClN2O4/c1-17-9-4-3-7(12(16)18-2)5-8(9)11-14-10(6-13)19-15-11/h3-5H,6H2,1-2H3. The van der Waals surface area contributed by atoms with Crippen molar-refractivity contribution in [3.05, 3.63) is 29.7 Å². The minimum absolute atomic E-state index is 0.117. The minimum Gasteiger partial charge on any atom is -0.496 e. The molecule has 1 aromatic heterocycles. The fourth-order valence-corrected chi connectivity index (χ4v) is 1.65. The molecule has 1 heterocycles. The fourth-order valence-electron chi connectivity index (χ4n) is 1.55. The number of halogens is 1. The van der Waals surface area contributed by atoms with E-state index in [1.165, 1.54) is 14.2 Å². The molecule has 7 heteroatoms. The normalized spacial score (nSPS) is 10.3. The van der Waals surface area contributed by atoms with Crippen molar-refractivity contribution >= 4 is 17.6 Å². The Labute approximate surface area is 114 Å². The highest BCUT2D eigenvalue weighted by Gasteiger charge is 2.16. The van der Waals surface area contributed by atoms with E-state index in [1.807, 2.05) is 0 Å². The highest BCUT2D eigenvalue weighted by molar-refractivity contribution is 6.16. The van der Waals surface area contributed by atoms with E-state index >= 15 is 0 Å². The average molecular weight is 283 g/mol. The summed E-state index contributed by atoms with van der Waals surface area (Å²) in [6.07, 6.45) is 0. The zero-order valence-electron chi connectivity index (χ0n) is 10.3. The molecular formula is C12H11ClN2O4. The molecule has 100 valence electrons. The molecule has 0 aliphatic rings. The van der Waals surface area contributed by atoms with Crippen LogP contribution in [0.1, 0.15) is 16.2 Å². The molecular weight excluding hydrogens is 272 g/mol. The molecule has 0 atom stereocenters. The molecule has 0 spiro atoms. The fraction of sp³-hybridized carbons (Fsp3) is 0.250. The molecule has 2 rings (SSSR count). The number of benzene rings is 1. The number of carbonyl (C=O) groups excluding carboxylic acids is 1. The van der Waals surface area contributed by atoms with Gasteiger partial charge >= 0.3 is 5.97 Å². The van der Waals surface area contributed by atoms with Crippen LogP contribution < -0.4 is 4.74 Å². The quantitative estimate of drug-likeness (QED) is 0.632. The first kappa shape index (κ1) is 13.4. The molecule has 0 saturated carbocycles. The number of rotatable bonds is 4. The van der Waals surface area contributed by atoms with Crippen LogP contribution in [-0.2, 0) is 10.6 Å². The van der Waals surface area contributed by atoms with Gasteiger partial charge in [-0.3, -0.25) is 0 Å². The first-order valence-corrected chi connectivity index (χ1v) is 5.88. The molecule has 0 aliphatic carbocycles. The van der Waals surface area contributed by atoms with Crippen LogP contribution >= 0.6 is 11.6 Å². The summed E-state index contributed by atoms with van der Waals surface area (Å²) < 4.78 is 14.8. The third-order valence-electron chi connectivity index (χ3n) is 2.44. The molecule has 0 aliphatic heterocycles. The summed E-state index contributed by atoms with van der Waals surface area (Å²) in [5, 5.41) is 3.79. The Morgan fingerprint density at radius 1 is 1.42 bits per heavy atom. The van der Waals surface area contributed by atoms with Gasteiger partial charge in [0.2, 0.25) is 11.7 Å². The summed E-state index contributed by atoms with van der Waals surface area (Å²) in [4.78, 5) is 15.6. The molecule has 1 aromatic carbocycles. The van der Waals surface area contributed by atoms with Crippen molar-refractivity contribution in [1.82, 2.24) is 10.1 Å². The zero-order chi connectivity index (χ0) is 13.8. The third-order valence-corrected chi connectivity index (χ3v) is 2.67. The third kappa shape index (κ3) is 2.68. The van der Waals surface area contributed by atoms with Crippen molar-refractivity contribution in [3.63, 3.8) is 0 Å². The molecule has 0 bridgehead atoms. The van der Waals surface area contributed by atoms with Crippen LogP contribution in [0, 0.1) is 0 Å². The summed E-state index contributed by atoms with van der Waals surface area (Å²) in [7, 11) is 2.82. The predicted octanol–water partition coefficient (Wildman–Crippen LogP) is 2.27. The van der Waals surface area contributed by atoms with Gasteiger partial charge in [-0.05, 0) is 18.2 Å². The van der Waals surface area contributed by atoms with Crippen molar-refractivity contribution in [2.45, 2.75) is 5.88 Å². The van der Waals surface area contributed by atoms with Gasteiger partial charge in [-0.1, -0.05) is 5.16 Å². The van der Waals surface area contributed by atoms with Crippen LogP contribution in [0.25, 0.3) is 11.4 Å². The number of hydrogen-bond donors (Lipinski definition) is 0. The van der Waals surface area contributed by atoms with Gasteiger partial charge in [-0.25, -0.2) is 4.79 Å². The predicted molar refractivity (Wildman–Crippen MR) is 67.2 cm³/mol. The van der Waals surface area contributed by atoms with Gasteiger partial charge in [0.25, 0.3) is 0 Å². The second-order valence-electron chi connectivity index (χ2n) is 3.55. The first-order valence-electron chi connectivity index (χ1n) is 5.35. The summed E-state index contributed by atoms with van der Waals surface area (Å²) >= 11 is 5.60. The maximum atomic E-state index is 11.5. The van der Waals surface area contributed by atoms with Crippen LogP contribution in [0.4, 0.5) is 0 Å². The largest absolute Gasteiger partial charge is 0.496 e. The molecule has 19 heavy (non-hydrogen) atoms. The molecule has 6 nitrogen and oxygen atoms in total. The Bertz CT molecular complexity index is 597. The Kier molecular flexibility index (Phi) is 4.01. The Morgan fingerprint density at radius 3 is 2.79 bits per heavy atom. The highest BCUT2D eigenvalue weighted by atomic mass is 35.5. The second-order valence-corrected chi connectivity index (χ2v) is 3.82. The van der Waals surface area contributed by atoms with E-state index in [-0.39, 0.29) is 5.88 Å². The van der Waals surface area contributed by atoms with Crippen molar-refractivity contribution < 1.29 is 18.8 Å². The lowest BCUT2D eigenvalue weighted by Crippen LogP contribution is -2.02. The molecule has 0 saturated heterocycles. The van der Waals surface area contributed by atoms with E-state index in [4.69, 9.17) is 20.9 Å². The van der Waals surface area contributed by atoms with Gasteiger partial charge < -0.3 is 14.0 Å². The molecule has 2 aromatic rings. The number of nitrogens with zero attached hydrogens (tertiary/aromatic N) is 2. The summed E-state index contributed by atoms with van der Waals surface area (Å²) in [5.74, 6) is 0.784. The summed E-state index contributed by atoms with van der Waals surface area (Å²) in [5.41, 5.74) is 0.904. The van der Waals surface area contributed by atoms with Gasteiger partial charge in [0.05, 0.1) is 25.3 Å². The van der Waals surface area contributed by atoms with Crippen LogP contribution in [0.2, 0.25) is 0 Å². The Hall–Kier alpha value is -2.08. The smallest absolute Gasteiger partial charge is 0.337 e. The molecule has 0 unspecified atom stereocenters. The molecule has 0 amide bonds. The van der Waals surface area contributed by atoms with E-state index in [0.29, 0.717) is 28.6 Å². The van der Waals surface area contributed by atoms with E-state index in [0.717, 1.165) is 0 Å². The number of methoxy groups -OCH3 is 2. The number of carbonyl (C=O) groups is 1. The summed E-state index contributed by atoms with van der Waals surface area (Å²) in [6.45, 7) is 0. The molecule has 0 N–H and O–H groups in total. The van der Waals surface area contributed by atoms with E-state index < -0.39 is 5.97 Å². The maximum absolute atomic E-state index is 11.5. The summed E-state index contributed by atoms with van der Waals surface area (Å²) in [6, 6.07) is 4.81. The van der Waals surface area contributed by atoms with Crippen molar-refractivity contribution in [2.24, 2.45) is 0 Å². The molecule has 0 fully saturated rings. The van der Waals surface area contributed by atoms with Crippen molar-refractivity contribution in [3.8, 4) is 17.1 Å². The minimum atomic E-state index is -0.454. The Morgan fingerprint density at radius 2 is 2.21 bits per heavy atom. The monoisotopic (exact) mass is 282 g/mol. The van der Waals surface area contributed by atoms with E-state index in [2.05, 4.69) is 14.9 Å². The van der Waals surface area contributed by atoms with Crippen molar-refractivity contribution in [2.75, 3.05) is 14.2 Å². The van der Waals surface area contributed by atoms with E-state index in [1.54, 1.807) is 18.2 Å². The number of esters is 1. The highest BCUT2D eigenvalue weighted by Crippen LogP contribution is 2.29. The van der Waals surface area contributed by atoms with Gasteiger partial charge in [0.1, 0.15) is 11.6 Å². The topological polar surface area (TPSA) is 74.5 Å². The van der Waals surface area contributed by atoms with Crippen molar-refractivity contribution in [1.29, 1.82) is 0 Å². The van der Waals surface area contributed by atoms with Crippen LogP contribution in [0.5, 0.6) is 5.75 Å². The van der Waals surface area contributed by atoms with Crippen LogP contribution in [0.3, 0.4) is 0 Å². The Balaban J connectivity index is 2.49. The number of ether oxygens (including phenoxy) is 2. The number of alkyl halides is 1. The van der Waals surface area contributed by atoms with Gasteiger partial charge in [0.15, 0.2) is 0 Å². The lowest BCUT2D eigenvalue weighted by molar-refractivity contribution is 0.0601. The first-order chi connectivity index (χ1) is 9.19. The maximum Gasteiger partial charge on any atom is 0.337 e. The average Bonchev–Trinajstić information content (AvgIpc) is 2.94. The lowest BCUT2D eigenvalue weighted by Gasteiger charge is -2.06. The van der Waals surface area contributed by atoms with Crippen LogP contribution in [-0.4, -0.2) is 30.3 Å². The van der Waals surface area contributed by atoms with Gasteiger partial charge in [-0.15, -0.1) is 11.6 Å². The van der Waals surface area contributed by atoms with Gasteiger partial charge in [-0.2, -0.15) is 4.98 Å². The van der Waals surface area contributed by atoms with E-state index in [9.17, 15) is 4.79 Å². The zero-order valence-corrected chi connectivity index (χ0v) is 11.1. The number of hydrogen-bond acceptors (Lipinski definition) is 6. The second kappa shape index (κ2) is 5.71.